The Balaban J connectivity index is 2.11. The van der Waals surface area contributed by atoms with Crippen molar-refractivity contribution in [3.63, 3.8) is 0 Å². The molecule has 1 aromatic carbocycles. The lowest BCUT2D eigenvalue weighted by molar-refractivity contribution is -0.118. The van der Waals surface area contributed by atoms with Gasteiger partial charge in [-0.2, -0.15) is 0 Å². The number of amides is 1. The quantitative estimate of drug-likeness (QED) is 0.225. The van der Waals surface area contributed by atoms with E-state index in [1.165, 1.54) is 6.92 Å². The third-order valence-corrected chi connectivity index (χ3v) is 4.84. The standard InChI is InChI=1S/C14H18N2O3S2/c1-11(18)15-6-8-20-21-9-7-16-13-4-2-12(3-5-13)14(19)10-17/h2-5,10,16H,6-9H2,1H3,(H,15,18). The van der Waals surface area contributed by atoms with Gasteiger partial charge in [0.25, 0.3) is 0 Å². The first-order chi connectivity index (χ1) is 10.1. The van der Waals surface area contributed by atoms with Gasteiger partial charge in [-0.25, -0.2) is 0 Å². The molecule has 1 amide bonds. The molecule has 0 atom stereocenters. The Morgan fingerprint density at radius 1 is 1.10 bits per heavy atom. The molecule has 0 radical (unpaired) electrons. The lowest BCUT2D eigenvalue weighted by Gasteiger charge is -2.06. The van der Waals surface area contributed by atoms with Crippen LogP contribution in [-0.2, 0) is 9.59 Å². The number of anilines is 1. The number of carbonyl (C=O) groups is 3. The normalized spacial score (nSPS) is 9.95. The van der Waals surface area contributed by atoms with E-state index in [9.17, 15) is 14.4 Å². The molecule has 5 nitrogen and oxygen atoms in total. The molecule has 0 bridgehead atoms. The fraction of sp³-hybridized carbons (Fsp3) is 0.357. The summed E-state index contributed by atoms with van der Waals surface area (Å²) < 4.78 is 0. The highest BCUT2D eigenvalue weighted by molar-refractivity contribution is 8.76. The van der Waals surface area contributed by atoms with E-state index >= 15 is 0 Å². The summed E-state index contributed by atoms with van der Waals surface area (Å²) in [5.41, 5.74) is 1.32. The van der Waals surface area contributed by atoms with Crippen LogP contribution in [0.15, 0.2) is 24.3 Å². The second-order valence-electron chi connectivity index (χ2n) is 4.11. The van der Waals surface area contributed by atoms with Crippen LogP contribution in [0.2, 0.25) is 0 Å². The van der Waals surface area contributed by atoms with Crippen molar-refractivity contribution in [2.75, 3.05) is 29.9 Å². The first kappa shape index (κ1) is 17.6. The van der Waals surface area contributed by atoms with Crippen LogP contribution in [0.25, 0.3) is 0 Å². The minimum Gasteiger partial charge on any atom is -0.384 e. The van der Waals surface area contributed by atoms with Crippen molar-refractivity contribution in [3.8, 4) is 0 Å². The maximum absolute atomic E-state index is 11.1. The number of hydrogen-bond acceptors (Lipinski definition) is 6. The number of nitrogens with one attached hydrogen (secondary N) is 2. The molecule has 0 aliphatic carbocycles. The summed E-state index contributed by atoms with van der Waals surface area (Å²) in [6, 6.07) is 6.83. The number of hydrogen-bond donors (Lipinski definition) is 2. The zero-order valence-corrected chi connectivity index (χ0v) is 13.4. The Kier molecular flexibility index (Phi) is 8.61. The minimum absolute atomic E-state index is 0.00113. The van der Waals surface area contributed by atoms with Crippen LogP contribution in [0.5, 0.6) is 0 Å². The second kappa shape index (κ2) is 10.3. The summed E-state index contributed by atoms with van der Waals surface area (Å²) in [4.78, 5) is 32.1. The molecule has 0 aromatic heterocycles. The fourth-order valence-corrected chi connectivity index (χ4v) is 3.26. The van der Waals surface area contributed by atoms with Crippen molar-refractivity contribution >= 4 is 45.3 Å². The SMILES string of the molecule is CC(=O)NCCSSCCNc1ccc(C(=O)C=O)cc1. The average Bonchev–Trinajstić information content (AvgIpc) is 2.49. The van der Waals surface area contributed by atoms with E-state index in [2.05, 4.69) is 10.6 Å². The van der Waals surface area contributed by atoms with E-state index in [1.807, 2.05) is 0 Å². The van der Waals surface area contributed by atoms with Crippen LogP contribution < -0.4 is 10.6 Å². The third kappa shape index (κ3) is 7.77. The molecule has 0 saturated heterocycles. The van der Waals surface area contributed by atoms with Crippen LogP contribution in [0.4, 0.5) is 5.69 Å². The highest BCUT2D eigenvalue weighted by Crippen LogP contribution is 2.20. The van der Waals surface area contributed by atoms with E-state index in [0.29, 0.717) is 18.4 Å². The van der Waals surface area contributed by atoms with E-state index < -0.39 is 5.78 Å². The number of aldehydes is 1. The van der Waals surface area contributed by atoms with Crippen LogP contribution >= 0.6 is 21.6 Å². The van der Waals surface area contributed by atoms with Crippen molar-refractivity contribution in [2.45, 2.75) is 6.92 Å². The number of ketones is 1. The highest BCUT2D eigenvalue weighted by atomic mass is 33.1. The topological polar surface area (TPSA) is 75.3 Å². The summed E-state index contributed by atoms with van der Waals surface area (Å²) in [6.07, 6.45) is 0.317. The zero-order valence-electron chi connectivity index (χ0n) is 11.8. The van der Waals surface area contributed by atoms with Crippen molar-refractivity contribution in [2.24, 2.45) is 0 Å². The summed E-state index contributed by atoms with van der Waals surface area (Å²) in [6.45, 7) is 3.00. The number of carbonyl (C=O) groups excluding carboxylic acids is 3. The smallest absolute Gasteiger partial charge is 0.225 e. The fourth-order valence-electron chi connectivity index (χ4n) is 1.44. The molecule has 1 aromatic rings. The van der Waals surface area contributed by atoms with Gasteiger partial charge < -0.3 is 10.6 Å². The van der Waals surface area contributed by atoms with Gasteiger partial charge in [-0.15, -0.1) is 0 Å². The van der Waals surface area contributed by atoms with E-state index in [4.69, 9.17) is 0 Å². The summed E-state index contributed by atoms with van der Waals surface area (Å²) in [5.74, 6) is 1.30. The van der Waals surface area contributed by atoms with Gasteiger partial charge in [0.2, 0.25) is 11.7 Å². The van der Waals surface area contributed by atoms with Gasteiger partial charge in [-0.3, -0.25) is 14.4 Å². The molecular formula is C14H18N2O3S2. The largest absolute Gasteiger partial charge is 0.384 e. The molecule has 0 aliphatic heterocycles. The lowest BCUT2D eigenvalue weighted by atomic mass is 10.1. The van der Waals surface area contributed by atoms with Crippen molar-refractivity contribution in [1.29, 1.82) is 0 Å². The Hall–Kier alpha value is -1.47. The van der Waals surface area contributed by atoms with E-state index in [-0.39, 0.29) is 5.91 Å². The highest BCUT2D eigenvalue weighted by Gasteiger charge is 2.02. The van der Waals surface area contributed by atoms with Gasteiger partial charge >= 0.3 is 0 Å². The molecule has 114 valence electrons. The molecule has 0 unspecified atom stereocenters. The maximum Gasteiger partial charge on any atom is 0.225 e. The summed E-state index contributed by atoms with van der Waals surface area (Å²) in [7, 11) is 3.46. The predicted molar refractivity (Wildman–Crippen MR) is 88.9 cm³/mol. The Morgan fingerprint density at radius 3 is 2.29 bits per heavy atom. The van der Waals surface area contributed by atoms with Crippen molar-refractivity contribution in [3.05, 3.63) is 29.8 Å². The van der Waals surface area contributed by atoms with Gasteiger partial charge in [0.15, 0.2) is 6.29 Å². The number of Topliss-reactive ketones (excluding diaryl/α,β-unsaturated/α-hetero) is 1. The van der Waals surface area contributed by atoms with Crippen molar-refractivity contribution in [1.82, 2.24) is 5.32 Å². The first-order valence-electron chi connectivity index (χ1n) is 6.46. The van der Waals surface area contributed by atoms with Crippen molar-refractivity contribution < 1.29 is 14.4 Å². The third-order valence-electron chi connectivity index (χ3n) is 2.43. The molecule has 21 heavy (non-hydrogen) atoms. The van der Waals surface area contributed by atoms with Crippen LogP contribution in [0.1, 0.15) is 17.3 Å². The Morgan fingerprint density at radius 2 is 1.71 bits per heavy atom. The molecule has 1 rings (SSSR count). The molecule has 0 heterocycles. The molecule has 0 spiro atoms. The predicted octanol–water partition coefficient (Wildman–Crippen LogP) is 2.00. The number of benzene rings is 1. The maximum atomic E-state index is 11.1. The van der Waals surface area contributed by atoms with Gasteiger partial charge in [0.1, 0.15) is 0 Å². The van der Waals surface area contributed by atoms with Crippen LogP contribution in [0, 0.1) is 0 Å². The average molecular weight is 326 g/mol. The van der Waals surface area contributed by atoms with E-state index in [0.717, 1.165) is 23.7 Å². The monoisotopic (exact) mass is 326 g/mol. The summed E-state index contributed by atoms with van der Waals surface area (Å²) >= 11 is 0. The van der Waals surface area contributed by atoms with Gasteiger partial charge in [-0.05, 0) is 24.3 Å². The zero-order chi connectivity index (χ0) is 15.5. The van der Waals surface area contributed by atoms with Gasteiger partial charge in [-0.1, -0.05) is 21.6 Å². The summed E-state index contributed by atoms with van der Waals surface area (Å²) in [5, 5.41) is 5.97. The van der Waals surface area contributed by atoms with Gasteiger partial charge in [0.05, 0.1) is 0 Å². The number of rotatable bonds is 10. The van der Waals surface area contributed by atoms with Gasteiger partial charge in [0, 0.05) is 42.8 Å². The van der Waals surface area contributed by atoms with E-state index in [1.54, 1.807) is 45.9 Å². The van der Waals surface area contributed by atoms with Crippen LogP contribution in [-0.4, -0.2) is 42.6 Å². The molecule has 0 aliphatic rings. The molecule has 0 fully saturated rings. The molecule has 7 heteroatoms. The Labute approximate surface area is 132 Å². The molecular weight excluding hydrogens is 308 g/mol. The minimum atomic E-state index is -0.507. The Bertz CT molecular complexity index is 478. The second-order valence-corrected chi connectivity index (χ2v) is 6.82. The lowest BCUT2D eigenvalue weighted by Crippen LogP contribution is -2.22. The van der Waals surface area contributed by atoms with Crippen LogP contribution in [0.3, 0.4) is 0 Å². The molecule has 0 saturated carbocycles. The first-order valence-corrected chi connectivity index (χ1v) is 8.94. The molecule has 2 N–H and O–H groups in total.